The van der Waals surface area contributed by atoms with Crippen LogP contribution in [0.5, 0.6) is 0 Å². The van der Waals surface area contributed by atoms with Crippen molar-refractivity contribution < 1.29 is 0 Å². The van der Waals surface area contributed by atoms with Crippen LogP contribution in [0.3, 0.4) is 0 Å². The monoisotopic (exact) mass is 288 g/mol. The molecule has 1 aromatic carbocycles. The highest BCUT2D eigenvalue weighted by molar-refractivity contribution is 7.99. The van der Waals surface area contributed by atoms with Crippen molar-refractivity contribution in [1.82, 2.24) is 9.97 Å². The first-order valence-electron chi connectivity index (χ1n) is 6.49. The van der Waals surface area contributed by atoms with Gasteiger partial charge in [-0.2, -0.15) is 11.8 Å². The lowest BCUT2D eigenvalue weighted by molar-refractivity contribution is 0.750. The fourth-order valence-electron chi connectivity index (χ4n) is 1.65. The van der Waals surface area contributed by atoms with Crippen LogP contribution in [0.25, 0.3) is 11.4 Å². The van der Waals surface area contributed by atoms with Gasteiger partial charge < -0.3 is 11.1 Å². The van der Waals surface area contributed by atoms with E-state index in [1.54, 1.807) is 6.07 Å². The van der Waals surface area contributed by atoms with Gasteiger partial charge in [-0.15, -0.1) is 0 Å². The molecular weight excluding hydrogens is 268 g/mol. The molecule has 1 aromatic heterocycles. The van der Waals surface area contributed by atoms with E-state index in [9.17, 15) is 0 Å². The van der Waals surface area contributed by atoms with Gasteiger partial charge in [0.2, 0.25) is 0 Å². The van der Waals surface area contributed by atoms with E-state index in [0.717, 1.165) is 17.9 Å². The highest BCUT2D eigenvalue weighted by atomic mass is 32.2. The number of anilines is 2. The van der Waals surface area contributed by atoms with Crippen LogP contribution in [0.15, 0.2) is 36.4 Å². The normalized spacial score (nSPS) is 11.3. The molecule has 20 heavy (non-hydrogen) atoms. The number of nitrogens with one attached hydrogen (secondary N) is 1. The molecule has 106 valence electrons. The summed E-state index contributed by atoms with van der Waals surface area (Å²) in [6, 6.07) is 11.6. The quantitative estimate of drug-likeness (QED) is 0.884. The summed E-state index contributed by atoms with van der Waals surface area (Å²) in [4.78, 5) is 8.82. The van der Waals surface area contributed by atoms with Gasteiger partial charge in [0.15, 0.2) is 5.82 Å². The van der Waals surface area contributed by atoms with Gasteiger partial charge in [0.1, 0.15) is 11.6 Å². The molecule has 2 rings (SSSR count). The van der Waals surface area contributed by atoms with E-state index in [4.69, 9.17) is 5.73 Å². The van der Waals surface area contributed by atoms with E-state index in [0.29, 0.717) is 11.6 Å². The number of hydrogen-bond acceptors (Lipinski definition) is 5. The molecule has 1 heterocycles. The van der Waals surface area contributed by atoms with Crippen molar-refractivity contribution in [3.63, 3.8) is 0 Å². The van der Waals surface area contributed by atoms with Crippen molar-refractivity contribution in [2.24, 2.45) is 0 Å². The van der Waals surface area contributed by atoms with Crippen LogP contribution < -0.4 is 11.1 Å². The van der Waals surface area contributed by atoms with Crippen LogP contribution >= 0.6 is 11.8 Å². The van der Waals surface area contributed by atoms with E-state index >= 15 is 0 Å². The molecule has 0 amide bonds. The maximum atomic E-state index is 5.87. The van der Waals surface area contributed by atoms with E-state index < -0.39 is 0 Å². The molecule has 2 aromatic rings. The Balaban J connectivity index is 2.21. The van der Waals surface area contributed by atoms with Crippen LogP contribution in [0.4, 0.5) is 11.6 Å². The van der Waals surface area contributed by atoms with Crippen LogP contribution in [-0.2, 0) is 0 Å². The minimum absolute atomic E-state index is 0.145. The summed E-state index contributed by atoms with van der Waals surface area (Å²) >= 11 is 1.81. The van der Waals surface area contributed by atoms with Crippen molar-refractivity contribution in [2.45, 2.75) is 18.6 Å². The number of hydrogen-bond donors (Lipinski definition) is 2. The molecule has 0 unspecified atom stereocenters. The van der Waals surface area contributed by atoms with Crippen molar-refractivity contribution >= 4 is 23.4 Å². The second-order valence-corrected chi connectivity index (χ2v) is 6.70. The molecule has 0 aliphatic carbocycles. The van der Waals surface area contributed by atoms with Gasteiger partial charge in [0, 0.05) is 22.9 Å². The molecule has 0 bridgehead atoms. The molecule has 0 radical (unpaired) electrons. The summed E-state index contributed by atoms with van der Waals surface area (Å²) in [5.41, 5.74) is 6.84. The zero-order valence-electron chi connectivity index (χ0n) is 12.1. The number of thioether (sulfide) groups is 1. The maximum absolute atomic E-state index is 5.87. The summed E-state index contributed by atoms with van der Waals surface area (Å²) in [7, 11) is 0. The molecule has 3 N–H and O–H groups in total. The second-order valence-electron chi connectivity index (χ2n) is 5.19. The Kier molecular flexibility index (Phi) is 4.49. The average molecular weight is 288 g/mol. The summed E-state index contributed by atoms with van der Waals surface area (Å²) in [6.45, 7) is 5.19. The van der Waals surface area contributed by atoms with Crippen LogP contribution in [-0.4, -0.2) is 27.5 Å². The Morgan fingerprint density at radius 2 is 1.90 bits per heavy atom. The number of benzene rings is 1. The lowest BCUT2D eigenvalue weighted by Gasteiger charge is -2.22. The standard InChI is InChI=1S/C15H20N4S/c1-15(2,20-3)10-17-13-9-12(16)18-14(19-13)11-7-5-4-6-8-11/h4-9H,10H2,1-3H3,(H3,16,17,18,19). The highest BCUT2D eigenvalue weighted by Gasteiger charge is 2.16. The summed E-state index contributed by atoms with van der Waals surface area (Å²) in [5.74, 6) is 1.89. The van der Waals surface area contributed by atoms with Crippen molar-refractivity contribution in [3.05, 3.63) is 36.4 Å². The van der Waals surface area contributed by atoms with E-state index in [-0.39, 0.29) is 4.75 Å². The van der Waals surface area contributed by atoms with Crippen LogP contribution in [0.2, 0.25) is 0 Å². The first-order chi connectivity index (χ1) is 9.50. The lowest BCUT2D eigenvalue weighted by atomic mass is 10.2. The molecule has 5 heteroatoms. The third kappa shape index (κ3) is 3.87. The minimum Gasteiger partial charge on any atom is -0.384 e. The highest BCUT2D eigenvalue weighted by Crippen LogP contribution is 2.23. The largest absolute Gasteiger partial charge is 0.384 e. The molecule has 4 nitrogen and oxygen atoms in total. The SMILES string of the molecule is CSC(C)(C)CNc1cc(N)nc(-c2ccccc2)n1. The maximum Gasteiger partial charge on any atom is 0.163 e. The Labute approximate surface area is 124 Å². The van der Waals surface area contributed by atoms with Crippen LogP contribution in [0.1, 0.15) is 13.8 Å². The topological polar surface area (TPSA) is 63.8 Å². The molecule has 0 saturated heterocycles. The van der Waals surface area contributed by atoms with E-state index in [1.165, 1.54) is 0 Å². The van der Waals surface area contributed by atoms with Gasteiger partial charge in [-0.05, 0) is 20.1 Å². The summed E-state index contributed by atoms with van der Waals surface area (Å²) in [5, 5.41) is 3.33. The second kappa shape index (κ2) is 6.13. The van der Waals surface area contributed by atoms with Gasteiger partial charge in [-0.1, -0.05) is 30.3 Å². The predicted octanol–water partition coefficient (Wildman–Crippen LogP) is 3.28. The molecular formula is C15H20N4S. The first kappa shape index (κ1) is 14.7. The lowest BCUT2D eigenvalue weighted by Crippen LogP contribution is -2.26. The molecule has 0 aliphatic rings. The fourth-order valence-corrected chi connectivity index (χ4v) is 1.86. The Morgan fingerprint density at radius 1 is 1.20 bits per heavy atom. The third-order valence-electron chi connectivity index (χ3n) is 3.03. The Morgan fingerprint density at radius 3 is 2.55 bits per heavy atom. The van der Waals surface area contributed by atoms with Crippen LogP contribution in [0, 0.1) is 0 Å². The van der Waals surface area contributed by atoms with Gasteiger partial charge in [0.05, 0.1) is 0 Å². The number of nitrogen functional groups attached to an aromatic ring is 1. The van der Waals surface area contributed by atoms with E-state index in [1.807, 2.05) is 42.1 Å². The van der Waals surface area contributed by atoms with Gasteiger partial charge in [0.25, 0.3) is 0 Å². The van der Waals surface area contributed by atoms with Gasteiger partial charge >= 0.3 is 0 Å². The zero-order valence-corrected chi connectivity index (χ0v) is 12.9. The Bertz CT molecular complexity index is 569. The van der Waals surface area contributed by atoms with E-state index in [2.05, 4.69) is 35.4 Å². The third-order valence-corrected chi connectivity index (χ3v) is 4.28. The molecule has 0 fully saturated rings. The van der Waals surface area contributed by atoms with Gasteiger partial charge in [-0.25, -0.2) is 9.97 Å². The van der Waals surface area contributed by atoms with Crippen molar-refractivity contribution in [1.29, 1.82) is 0 Å². The predicted molar refractivity (Wildman–Crippen MR) is 88.0 cm³/mol. The molecule has 0 spiro atoms. The Hall–Kier alpha value is -1.75. The first-order valence-corrected chi connectivity index (χ1v) is 7.72. The molecule has 0 atom stereocenters. The minimum atomic E-state index is 0.145. The number of aromatic nitrogens is 2. The van der Waals surface area contributed by atoms with Gasteiger partial charge in [-0.3, -0.25) is 0 Å². The average Bonchev–Trinajstić information content (AvgIpc) is 2.46. The number of rotatable bonds is 5. The number of nitrogens with two attached hydrogens (primary N) is 1. The summed E-state index contributed by atoms with van der Waals surface area (Å²) in [6.07, 6.45) is 2.10. The molecule has 0 saturated carbocycles. The zero-order chi connectivity index (χ0) is 14.6. The van der Waals surface area contributed by atoms with Crippen molar-refractivity contribution in [2.75, 3.05) is 23.9 Å². The molecule has 0 aliphatic heterocycles. The smallest absolute Gasteiger partial charge is 0.163 e. The fraction of sp³-hybridized carbons (Fsp3) is 0.333. The summed E-state index contributed by atoms with van der Waals surface area (Å²) < 4.78 is 0.145. The number of nitrogens with zero attached hydrogens (tertiary/aromatic N) is 2. The van der Waals surface area contributed by atoms with Crippen molar-refractivity contribution in [3.8, 4) is 11.4 Å².